The van der Waals surface area contributed by atoms with Gasteiger partial charge in [0, 0.05) is 6.54 Å². The lowest BCUT2D eigenvalue weighted by atomic mass is 10.2. The standard InChI is InChI=1S/C7H14INO/c1-5-9-6(10-4)7(2,3)8/h5H2,1-4H3/b9-6+. The van der Waals surface area contributed by atoms with E-state index in [-0.39, 0.29) is 3.42 Å². The molecule has 0 aromatic heterocycles. The van der Waals surface area contributed by atoms with E-state index >= 15 is 0 Å². The minimum absolute atomic E-state index is 0.0164. The monoisotopic (exact) mass is 255 g/mol. The maximum absolute atomic E-state index is 5.10. The molecule has 3 heteroatoms. The Kier molecular flexibility index (Phi) is 4.24. The second kappa shape index (κ2) is 4.16. The smallest absolute Gasteiger partial charge is 0.198 e. The number of aliphatic imine (C=N–C) groups is 1. The summed E-state index contributed by atoms with van der Waals surface area (Å²) in [6.45, 7) is 6.94. The molecule has 0 heterocycles. The number of hydrogen-bond donors (Lipinski definition) is 0. The summed E-state index contributed by atoms with van der Waals surface area (Å²) in [4.78, 5) is 4.20. The van der Waals surface area contributed by atoms with E-state index in [4.69, 9.17) is 4.74 Å². The molecule has 60 valence electrons. The van der Waals surface area contributed by atoms with Crippen molar-refractivity contribution in [3.05, 3.63) is 0 Å². The van der Waals surface area contributed by atoms with Crippen LogP contribution in [0.5, 0.6) is 0 Å². The van der Waals surface area contributed by atoms with Gasteiger partial charge in [0.2, 0.25) is 0 Å². The molecule has 0 unspecified atom stereocenters. The molecular weight excluding hydrogens is 241 g/mol. The third-order valence-corrected chi connectivity index (χ3v) is 1.47. The summed E-state index contributed by atoms with van der Waals surface area (Å²) in [5, 5.41) is 0. The molecule has 0 atom stereocenters. The van der Waals surface area contributed by atoms with Gasteiger partial charge in [0.25, 0.3) is 0 Å². The van der Waals surface area contributed by atoms with Gasteiger partial charge >= 0.3 is 0 Å². The molecule has 0 aliphatic rings. The number of alkyl halides is 1. The molecule has 0 rings (SSSR count). The molecule has 0 bridgehead atoms. The van der Waals surface area contributed by atoms with Gasteiger partial charge in [-0.05, 0) is 20.8 Å². The van der Waals surface area contributed by atoms with Crippen molar-refractivity contribution in [2.75, 3.05) is 13.7 Å². The number of ether oxygens (including phenoxy) is 1. The van der Waals surface area contributed by atoms with E-state index < -0.39 is 0 Å². The van der Waals surface area contributed by atoms with Crippen molar-refractivity contribution >= 4 is 28.5 Å². The Morgan fingerprint density at radius 2 is 2.10 bits per heavy atom. The third kappa shape index (κ3) is 3.39. The summed E-state index contributed by atoms with van der Waals surface area (Å²) in [5.74, 6) is 0.815. The highest BCUT2D eigenvalue weighted by Crippen LogP contribution is 2.19. The SMILES string of the molecule is CC/N=C(/OC)C(C)(C)I. The van der Waals surface area contributed by atoms with E-state index in [1.807, 2.05) is 6.92 Å². The zero-order valence-electron chi connectivity index (χ0n) is 6.94. The molecule has 2 nitrogen and oxygen atoms in total. The van der Waals surface area contributed by atoms with Gasteiger partial charge in [-0.2, -0.15) is 0 Å². The van der Waals surface area contributed by atoms with Gasteiger partial charge < -0.3 is 4.74 Å². The largest absolute Gasteiger partial charge is 0.483 e. The van der Waals surface area contributed by atoms with E-state index in [0.29, 0.717) is 0 Å². The van der Waals surface area contributed by atoms with Crippen LogP contribution in [-0.4, -0.2) is 23.0 Å². The summed E-state index contributed by atoms with van der Waals surface area (Å²) in [5.41, 5.74) is 0. The average Bonchev–Trinajstić information content (AvgIpc) is 1.80. The first-order valence-electron chi connectivity index (χ1n) is 3.30. The third-order valence-electron chi connectivity index (χ3n) is 1.00. The molecule has 0 spiro atoms. The van der Waals surface area contributed by atoms with Crippen molar-refractivity contribution in [3.8, 4) is 0 Å². The van der Waals surface area contributed by atoms with Crippen LogP contribution in [0.15, 0.2) is 4.99 Å². The number of rotatable bonds is 2. The van der Waals surface area contributed by atoms with Crippen LogP contribution in [0.25, 0.3) is 0 Å². The van der Waals surface area contributed by atoms with Crippen molar-refractivity contribution < 1.29 is 4.74 Å². The Morgan fingerprint density at radius 1 is 1.60 bits per heavy atom. The second-order valence-electron chi connectivity index (χ2n) is 2.46. The van der Waals surface area contributed by atoms with Crippen LogP contribution in [0, 0.1) is 0 Å². The van der Waals surface area contributed by atoms with Gasteiger partial charge in [0.15, 0.2) is 5.90 Å². The van der Waals surface area contributed by atoms with Crippen LogP contribution >= 0.6 is 22.6 Å². The Bertz CT molecular complexity index is 126. The zero-order chi connectivity index (χ0) is 8.20. The number of halogens is 1. The minimum Gasteiger partial charge on any atom is -0.483 e. The molecule has 0 saturated heterocycles. The fraction of sp³-hybridized carbons (Fsp3) is 0.857. The van der Waals surface area contributed by atoms with E-state index in [2.05, 4.69) is 41.4 Å². The van der Waals surface area contributed by atoms with Crippen molar-refractivity contribution in [1.82, 2.24) is 0 Å². The van der Waals surface area contributed by atoms with Crippen LogP contribution in [0.3, 0.4) is 0 Å². The molecule has 10 heavy (non-hydrogen) atoms. The molecule has 0 N–H and O–H groups in total. The normalized spacial score (nSPS) is 13.5. The zero-order valence-corrected chi connectivity index (χ0v) is 9.10. The second-order valence-corrected chi connectivity index (χ2v) is 5.15. The topological polar surface area (TPSA) is 21.6 Å². The van der Waals surface area contributed by atoms with Crippen molar-refractivity contribution in [1.29, 1.82) is 0 Å². The molecule has 0 radical (unpaired) electrons. The van der Waals surface area contributed by atoms with Crippen LogP contribution in [-0.2, 0) is 4.74 Å². The Morgan fingerprint density at radius 3 is 2.20 bits per heavy atom. The molecule has 0 aromatic rings. The van der Waals surface area contributed by atoms with Gasteiger partial charge in [-0.3, -0.25) is 4.99 Å². The van der Waals surface area contributed by atoms with Gasteiger partial charge in [0.05, 0.1) is 10.5 Å². The van der Waals surface area contributed by atoms with Crippen LogP contribution in [0.4, 0.5) is 0 Å². The quantitative estimate of drug-likeness (QED) is 0.321. The summed E-state index contributed by atoms with van der Waals surface area (Å²) >= 11 is 2.31. The highest BCUT2D eigenvalue weighted by Gasteiger charge is 2.21. The molecule has 0 aliphatic heterocycles. The van der Waals surface area contributed by atoms with E-state index in [0.717, 1.165) is 12.4 Å². The Hall–Kier alpha value is 0.200. The van der Waals surface area contributed by atoms with Crippen LogP contribution < -0.4 is 0 Å². The predicted octanol–water partition coefficient (Wildman–Crippen LogP) is 2.26. The summed E-state index contributed by atoms with van der Waals surface area (Å²) in [6, 6.07) is 0. The Labute approximate surface area is 76.2 Å². The first kappa shape index (κ1) is 10.2. The number of hydrogen-bond acceptors (Lipinski definition) is 2. The minimum atomic E-state index is 0.0164. The fourth-order valence-electron chi connectivity index (χ4n) is 0.639. The molecule has 0 amide bonds. The maximum Gasteiger partial charge on any atom is 0.198 e. The molecule has 0 aromatic carbocycles. The number of methoxy groups -OCH3 is 1. The molecule has 0 saturated carbocycles. The summed E-state index contributed by atoms with van der Waals surface area (Å²) < 4.78 is 5.11. The van der Waals surface area contributed by atoms with E-state index in [1.165, 1.54) is 0 Å². The van der Waals surface area contributed by atoms with E-state index in [9.17, 15) is 0 Å². The summed E-state index contributed by atoms with van der Waals surface area (Å²) in [7, 11) is 1.66. The Balaban J connectivity index is 4.21. The predicted molar refractivity (Wildman–Crippen MR) is 53.1 cm³/mol. The van der Waals surface area contributed by atoms with Gasteiger partial charge in [-0.15, -0.1) is 0 Å². The van der Waals surface area contributed by atoms with Crippen molar-refractivity contribution in [2.45, 2.75) is 24.2 Å². The average molecular weight is 255 g/mol. The van der Waals surface area contributed by atoms with Gasteiger partial charge in [-0.1, -0.05) is 22.6 Å². The highest BCUT2D eigenvalue weighted by molar-refractivity contribution is 14.1. The lowest BCUT2D eigenvalue weighted by Gasteiger charge is -2.17. The van der Waals surface area contributed by atoms with E-state index in [1.54, 1.807) is 7.11 Å². The van der Waals surface area contributed by atoms with Gasteiger partial charge in [-0.25, -0.2) is 0 Å². The first-order valence-corrected chi connectivity index (χ1v) is 4.38. The first-order chi connectivity index (χ1) is 4.52. The molecule has 0 fully saturated rings. The summed E-state index contributed by atoms with van der Waals surface area (Å²) in [6.07, 6.45) is 0. The van der Waals surface area contributed by atoms with Crippen LogP contribution in [0.1, 0.15) is 20.8 Å². The van der Waals surface area contributed by atoms with Crippen molar-refractivity contribution in [3.63, 3.8) is 0 Å². The molecular formula is C7H14INO. The lowest BCUT2D eigenvalue weighted by molar-refractivity contribution is 0.382. The fourth-order valence-corrected chi connectivity index (χ4v) is 1.03. The number of nitrogens with zero attached hydrogens (tertiary/aromatic N) is 1. The van der Waals surface area contributed by atoms with Crippen LogP contribution in [0.2, 0.25) is 0 Å². The lowest BCUT2D eigenvalue weighted by Crippen LogP contribution is -2.25. The van der Waals surface area contributed by atoms with Gasteiger partial charge in [0.1, 0.15) is 0 Å². The van der Waals surface area contributed by atoms with Crippen molar-refractivity contribution in [2.24, 2.45) is 4.99 Å². The highest BCUT2D eigenvalue weighted by atomic mass is 127. The maximum atomic E-state index is 5.10. The molecule has 0 aliphatic carbocycles.